The molecule has 0 bridgehead atoms. The molecule has 1 aromatic rings. The van der Waals surface area contributed by atoms with Crippen molar-refractivity contribution >= 4 is 5.96 Å². The fourth-order valence-corrected chi connectivity index (χ4v) is 1.52. The molecule has 0 aromatic heterocycles. The SMILES string of the molecule is CCNC(=NCC(C)Oc1ccccc1F)N(C)C. The molecule has 0 saturated heterocycles. The van der Waals surface area contributed by atoms with E-state index in [0.29, 0.717) is 6.54 Å². The summed E-state index contributed by atoms with van der Waals surface area (Å²) in [5.41, 5.74) is 0. The Balaban J connectivity index is 2.57. The van der Waals surface area contributed by atoms with Crippen molar-refractivity contribution in [2.75, 3.05) is 27.2 Å². The van der Waals surface area contributed by atoms with Crippen LogP contribution < -0.4 is 10.1 Å². The van der Waals surface area contributed by atoms with E-state index in [1.165, 1.54) is 6.07 Å². The fourth-order valence-electron chi connectivity index (χ4n) is 1.52. The van der Waals surface area contributed by atoms with Crippen molar-refractivity contribution in [2.24, 2.45) is 4.99 Å². The number of hydrogen-bond donors (Lipinski definition) is 1. The topological polar surface area (TPSA) is 36.9 Å². The molecule has 0 aliphatic carbocycles. The van der Waals surface area contributed by atoms with Gasteiger partial charge in [0.1, 0.15) is 6.10 Å². The number of benzene rings is 1. The highest BCUT2D eigenvalue weighted by molar-refractivity contribution is 5.79. The Morgan fingerprint density at radius 2 is 2.11 bits per heavy atom. The van der Waals surface area contributed by atoms with E-state index in [2.05, 4.69) is 10.3 Å². The van der Waals surface area contributed by atoms with Crippen molar-refractivity contribution in [1.82, 2.24) is 10.2 Å². The molecule has 0 spiro atoms. The maximum absolute atomic E-state index is 13.4. The van der Waals surface area contributed by atoms with E-state index >= 15 is 0 Å². The number of nitrogens with zero attached hydrogens (tertiary/aromatic N) is 2. The quantitative estimate of drug-likeness (QED) is 0.656. The number of para-hydroxylation sites is 1. The molecule has 1 N–H and O–H groups in total. The van der Waals surface area contributed by atoms with Crippen molar-refractivity contribution in [3.63, 3.8) is 0 Å². The average molecular weight is 267 g/mol. The monoisotopic (exact) mass is 267 g/mol. The maximum Gasteiger partial charge on any atom is 0.193 e. The molecule has 1 aromatic carbocycles. The molecule has 19 heavy (non-hydrogen) atoms. The molecule has 4 nitrogen and oxygen atoms in total. The zero-order valence-corrected chi connectivity index (χ0v) is 12.0. The Bertz CT molecular complexity index is 421. The number of rotatable bonds is 5. The Morgan fingerprint density at radius 3 is 2.68 bits per heavy atom. The summed E-state index contributed by atoms with van der Waals surface area (Å²) < 4.78 is 18.9. The van der Waals surface area contributed by atoms with E-state index in [4.69, 9.17) is 4.74 Å². The van der Waals surface area contributed by atoms with Crippen LogP contribution in [0.4, 0.5) is 4.39 Å². The van der Waals surface area contributed by atoms with Crippen LogP contribution in [0.5, 0.6) is 5.75 Å². The zero-order valence-electron chi connectivity index (χ0n) is 12.0. The second-order valence-electron chi connectivity index (χ2n) is 4.45. The Kier molecular flexibility index (Phi) is 6.12. The lowest BCUT2D eigenvalue weighted by atomic mass is 10.3. The molecule has 0 amide bonds. The van der Waals surface area contributed by atoms with E-state index < -0.39 is 0 Å². The van der Waals surface area contributed by atoms with Gasteiger partial charge in [0, 0.05) is 20.6 Å². The molecule has 0 heterocycles. The second kappa shape index (κ2) is 7.61. The van der Waals surface area contributed by atoms with Gasteiger partial charge in [-0.1, -0.05) is 12.1 Å². The van der Waals surface area contributed by atoms with Crippen LogP contribution in [0.3, 0.4) is 0 Å². The van der Waals surface area contributed by atoms with Crippen molar-refractivity contribution in [3.8, 4) is 5.75 Å². The van der Waals surface area contributed by atoms with Gasteiger partial charge in [-0.3, -0.25) is 0 Å². The van der Waals surface area contributed by atoms with Gasteiger partial charge in [0.25, 0.3) is 0 Å². The predicted octanol–water partition coefficient (Wildman–Crippen LogP) is 2.12. The van der Waals surface area contributed by atoms with E-state index in [-0.39, 0.29) is 17.7 Å². The van der Waals surface area contributed by atoms with Crippen LogP contribution in [0, 0.1) is 5.82 Å². The molecule has 106 valence electrons. The van der Waals surface area contributed by atoms with Gasteiger partial charge >= 0.3 is 0 Å². The summed E-state index contributed by atoms with van der Waals surface area (Å²) >= 11 is 0. The van der Waals surface area contributed by atoms with Gasteiger partial charge < -0.3 is 15.0 Å². The van der Waals surface area contributed by atoms with Gasteiger partial charge in [-0.2, -0.15) is 0 Å². The molecule has 0 aliphatic heterocycles. The first-order valence-electron chi connectivity index (χ1n) is 6.41. The number of aliphatic imine (C=N–C) groups is 1. The standard InChI is InChI=1S/C14H22FN3O/c1-5-16-14(18(3)4)17-10-11(2)19-13-9-7-6-8-12(13)15/h6-9,11H,5,10H2,1-4H3,(H,16,17). The van der Waals surface area contributed by atoms with Crippen LogP contribution >= 0.6 is 0 Å². The lowest BCUT2D eigenvalue weighted by molar-refractivity contribution is 0.219. The van der Waals surface area contributed by atoms with Gasteiger partial charge in [-0.15, -0.1) is 0 Å². The normalized spacial score (nSPS) is 13.0. The third kappa shape index (κ3) is 5.16. The van der Waals surface area contributed by atoms with Crippen LogP contribution in [0.2, 0.25) is 0 Å². The van der Waals surface area contributed by atoms with E-state index in [1.807, 2.05) is 32.8 Å². The lowest BCUT2D eigenvalue weighted by Gasteiger charge is -2.18. The maximum atomic E-state index is 13.4. The largest absolute Gasteiger partial charge is 0.486 e. The van der Waals surface area contributed by atoms with Crippen LogP contribution in [0.25, 0.3) is 0 Å². The number of hydrogen-bond acceptors (Lipinski definition) is 2. The predicted molar refractivity (Wildman–Crippen MR) is 76.2 cm³/mol. The Labute approximate surface area is 114 Å². The first kappa shape index (κ1) is 15.3. The third-order valence-electron chi connectivity index (χ3n) is 2.42. The Hall–Kier alpha value is -1.78. The van der Waals surface area contributed by atoms with Crippen LogP contribution in [0.15, 0.2) is 29.3 Å². The summed E-state index contributed by atoms with van der Waals surface area (Å²) in [6.07, 6.45) is -0.189. The summed E-state index contributed by atoms with van der Waals surface area (Å²) in [5, 5.41) is 3.16. The molecule has 0 fully saturated rings. The molecule has 1 unspecified atom stereocenters. The fraction of sp³-hybridized carbons (Fsp3) is 0.500. The van der Waals surface area contributed by atoms with Crippen molar-refractivity contribution in [1.29, 1.82) is 0 Å². The summed E-state index contributed by atoms with van der Waals surface area (Å²) in [7, 11) is 3.84. The Morgan fingerprint density at radius 1 is 1.42 bits per heavy atom. The van der Waals surface area contributed by atoms with Crippen molar-refractivity contribution in [3.05, 3.63) is 30.1 Å². The van der Waals surface area contributed by atoms with Gasteiger partial charge in [0.15, 0.2) is 17.5 Å². The highest BCUT2D eigenvalue weighted by Crippen LogP contribution is 2.16. The first-order chi connectivity index (χ1) is 9.04. The van der Waals surface area contributed by atoms with E-state index in [0.717, 1.165) is 12.5 Å². The summed E-state index contributed by atoms with van der Waals surface area (Å²) in [5.74, 6) is 0.712. The molecule has 1 rings (SSSR count). The van der Waals surface area contributed by atoms with Crippen molar-refractivity contribution < 1.29 is 9.13 Å². The molecular formula is C14H22FN3O. The minimum Gasteiger partial charge on any atom is -0.486 e. The van der Waals surface area contributed by atoms with E-state index in [1.54, 1.807) is 18.2 Å². The molecule has 1 atom stereocenters. The van der Waals surface area contributed by atoms with Crippen LogP contribution in [0.1, 0.15) is 13.8 Å². The van der Waals surface area contributed by atoms with Crippen LogP contribution in [-0.2, 0) is 0 Å². The molecular weight excluding hydrogens is 245 g/mol. The molecule has 0 saturated carbocycles. The summed E-state index contributed by atoms with van der Waals surface area (Å²) in [6, 6.07) is 6.39. The number of halogens is 1. The smallest absolute Gasteiger partial charge is 0.193 e. The molecule has 0 radical (unpaired) electrons. The second-order valence-corrected chi connectivity index (χ2v) is 4.45. The average Bonchev–Trinajstić information content (AvgIpc) is 2.37. The lowest BCUT2D eigenvalue weighted by Crippen LogP contribution is -2.37. The van der Waals surface area contributed by atoms with Crippen LogP contribution in [-0.4, -0.2) is 44.1 Å². The minimum atomic E-state index is -0.349. The summed E-state index contributed by atoms with van der Waals surface area (Å²) in [4.78, 5) is 6.32. The van der Waals surface area contributed by atoms with E-state index in [9.17, 15) is 4.39 Å². The van der Waals surface area contributed by atoms with Gasteiger partial charge in [0.05, 0.1) is 6.54 Å². The summed E-state index contributed by atoms with van der Waals surface area (Å²) in [6.45, 7) is 5.15. The highest BCUT2D eigenvalue weighted by atomic mass is 19.1. The highest BCUT2D eigenvalue weighted by Gasteiger charge is 2.08. The molecule has 5 heteroatoms. The number of ether oxygens (including phenoxy) is 1. The van der Waals surface area contributed by atoms with Gasteiger partial charge in [-0.05, 0) is 26.0 Å². The zero-order chi connectivity index (χ0) is 14.3. The van der Waals surface area contributed by atoms with Gasteiger partial charge in [-0.25, -0.2) is 9.38 Å². The first-order valence-corrected chi connectivity index (χ1v) is 6.41. The third-order valence-corrected chi connectivity index (χ3v) is 2.42. The minimum absolute atomic E-state index is 0.189. The molecule has 0 aliphatic rings. The number of guanidine groups is 1. The van der Waals surface area contributed by atoms with Gasteiger partial charge in [0.2, 0.25) is 0 Å². The number of nitrogens with one attached hydrogen (secondary N) is 1. The van der Waals surface area contributed by atoms with Crippen molar-refractivity contribution in [2.45, 2.75) is 20.0 Å².